The summed E-state index contributed by atoms with van der Waals surface area (Å²) in [4.78, 5) is 24.4. The highest BCUT2D eigenvalue weighted by atomic mass is 32.1. The molecule has 2 aromatic rings. The minimum absolute atomic E-state index is 0.203. The molecule has 0 atom stereocenters. The number of rotatable bonds is 6. The third kappa shape index (κ3) is 3.07. The van der Waals surface area contributed by atoms with Gasteiger partial charge in [-0.2, -0.15) is 0 Å². The molecule has 0 spiro atoms. The molecule has 0 aliphatic carbocycles. The van der Waals surface area contributed by atoms with Crippen molar-refractivity contribution in [1.29, 1.82) is 0 Å². The molecular weight excluding hydrogens is 264 g/mol. The van der Waals surface area contributed by atoms with Crippen molar-refractivity contribution < 1.29 is 19.1 Å². The number of fused-ring (bicyclic) bond motifs is 1. The lowest BCUT2D eigenvalue weighted by Crippen LogP contribution is -2.26. The van der Waals surface area contributed by atoms with E-state index >= 15 is 0 Å². The van der Waals surface area contributed by atoms with Gasteiger partial charge in [-0.15, -0.1) is 11.3 Å². The smallest absolute Gasteiger partial charge is 0.217 e. The highest BCUT2D eigenvalue weighted by Crippen LogP contribution is 2.26. The monoisotopic (exact) mass is 278 g/mol. The van der Waals surface area contributed by atoms with Gasteiger partial charge < -0.3 is 9.47 Å². The van der Waals surface area contributed by atoms with Crippen LogP contribution in [0.3, 0.4) is 0 Å². The Kier molecular flexibility index (Phi) is 4.42. The molecule has 100 valence electrons. The van der Waals surface area contributed by atoms with Crippen molar-refractivity contribution in [2.24, 2.45) is 0 Å². The van der Waals surface area contributed by atoms with Crippen molar-refractivity contribution in [2.45, 2.75) is 12.7 Å². The Morgan fingerprint density at radius 3 is 2.53 bits per heavy atom. The number of ketones is 2. The quantitative estimate of drug-likeness (QED) is 0.463. The van der Waals surface area contributed by atoms with Gasteiger partial charge in [-0.25, -0.2) is 0 Å². The number of Topliss-reactive ketones (excluding diaryl/α,β-unsaturated/α-hetero) is 2. The molecule has 0 bridgehead atoms. The fraction of sp³-hybridized carbons (Fsp3) is 0.286. The minimum atomic E-state index is -0.974. The van der Waals surface area contributed by atoms with Crippen LogP contribution in [0, 0.1) is 0 Å². The van der Waals surface area contributed by atoms with E-state index < -0.39 is 6.29 Å². The second-order valence-corrected chi connectivity index (χ2v) is 5.10. The number of hydrogen-bond acceptors (Lipinski definition) is 5. The van der Waals surface area contributed by atoms with Crippen molar-refractivity contribution >= 4 is 33.0 Å². The molecule has 4 nitrogen and oxygen atoms in total. The van der Waals surface area contributed by atoms with Crippen LogP contribution in [0.25, 0.3) is 10.1 Å². The second-order valence-electron chi connectivity index (χ2n) is 4.02. The highest BCUT2D eigenvalue weighted by Gasteiger charge is 2.21. The van der Waals surface area contributed by atoms with Gasteiger partial charge >= 0.3 is 0 Å². The molecule has 1 heterocycles. The zero-order valence-corrected chi connectivity index (χ0v) is 11.5. The van der Waals surface area contributed by atoms with E-state index in [4.69, 9.17) is 9.47 Å². The maximum Gasteiger partial charge on any atom is 0.217 e. The Morgan fingerprint density at radius 1 is 1.21 bits per heavy atom. The molecule has 0 aliphatic rings. The first kappa shape index (κ1) is 13.9. The predicted molar refractivity (Wildman–Crippen MR) is 73.6 cm³/mol. The number of hydrogen-bond donors (Lipinski definition) is 0. The van der Waals surface area contributed by atoms with Gasteiger partial charge in [0.1, 0.15) is 0 Å². The van der Waals surface area contributed by atoms with E-state index in [1.54, 1.807) is 0 Å². The topological polar surface area (TPSA) is 52.6 Å². The Hall–Kier alpha value is -1.56. The average Bonchev–Trinajstić information content (AvgIpc) is 2.84. The summed E-state index contributed by atoms with van der Waals surface area (Å²) in [5.41, 5.74) is 0. The van der Waals surface area contributed by atoms with E-state index in [0.717, 1.165) is 10.1 Å². The summed E-state index contributed by atoms with van der Waals surface area (Å²) in [5, 5.41) is 1.01. The van der Waals surface area contributed by atoms with E-state index in [9.17, 15) is 9.59 Å². The van der Waals surface area contributed by atoms with Crippen LogP contribution in [0.5, 0.6) is 0 Å². The van der Waals surface area contributed by atoms with Crippen LogP contribution >= 0.6 is 11.3 Å². The minimum Gasteiger partial charge on any atom is -0.349 e. The molecule has 0 amide bonds. The predicted octanol–water partition coefficient (Wildman–Crippen LogP) is 2.66. The fourth-order valence-electron chi connectivity index (χ4n) is 1.81. The summed E-state index contributed by atoms with van der Waals surface area (Å²) in [6.45, 7) is 0. The van der Waals surface area contributed by atoms with Gasteiger partial charge in [-0.05, 0) is 17.5 Å². The molecule has 0 aliphatic heterocycles. The van der Waals surface area contributed by atoms with E-state index in [0.29, 0.717) is 4.88 Å². The van der Waals surface area contributed by atoms with Crippen LogP contribution < -0.4 is 0 Å². The number of thiophene rings is 1. The van der Waals surface area contributed by atoms with Crippen molar-refractivity contribution in [1.82, 2.24) is 0 Å². The van der Waals surface area contributed by atoms with Gasteiger partial charge in [-0.1, -0.05) is 18.2 Å². The maximum atomic E-state index is 12.0. The standard InChI is InChI=1S/C14H14O4S/c1-17-14(18-2)11(16)8-10(15)13-7-9-5-3-4-6-12(9)19-13/h3-7,14H,8H2,1-2H3. The molecule has 19 heavy (non-hydrogen) atoms. The van der Waals surface area contributed by atoms with Crippen LogP contribution in [-0.2, 0) is 14.3 Å². The summed E-state index contributed by atoms with van der Waals surface area (Å²) in [7, 11) is 2.74. The average molecular weight is 278 g/mol. The first-order valence-electron chi connectivity index (χ1n) is 5.75. The number of benzene rings is 1. The van der Waals surface area contributed by atoms with Crippen LogP contribution in [0.2, 0.25) is 0 Å². The lowest BCUT2D eigenvalue weighted by Gasteiger charge is -2.10. The zero-order valence-electron chi connectivity index (χ0n) is 10.7. The molecule has 0 unspecified atom stereocenters. The highest BCUT2D eigenvalue weighted by molar-refractivity contribution is 7.20. The van der Waals surface area contributed by atoms with Crippen LogP contribution in [-0.4, -0.2) is 32.1 Å². The Labute approximate surface area is 114 Å². The normalized spacial score (nSPS) is 11.1. The molecule has 1 aromatic heterocycles. The molecule has 0 fully saturated rings. The molecule has 0 radical (unpaired) electrons. The third-order valence-electron chi connectivity index (χ3n) is 2.73. The molecule has 0 saturated heterocycles. The maximum absolute atomic E-state index is 12.0. The summed E-state index contributed by atoms with van der Waals surface area (Å²) in [5.74, 6) is -0.572. The van der Waals surface area contributed by atoms with E-state index in [2.05, 4.69) is 0 Å². The molecule has 0 N–H and O–H groups in total. The Bertz CT molecular complexity index is 565. The van der Waals surface area contributed by atoms with Crippen molar-refractivity contribution in [3.63, 3.8) is 0 Å². The van der Waals surface area contributed by atoms with Gasteiger partial charge in [0.05, 0.1) is 11.3 Å². The lowest BCUT2D eigenvalue weighted by molar-refractivity contribution is -0.155. The summed E-state index contributed by atoms with van der Waals surface area (Å²) < 4.78 is 10.7. The van der Waals surface area contributed by atoms with E-state index in [1.165, 1.54) is 25.6 Å². The van der Waals surface area contributed by atoms with E-state index in [-0.39, 0.29) is 18.0 Å². The molecule has 1 aromatic carbocycles. The fourth-order valence-corrected chi connectivity index (χ4v) is 2.81. The summed E-state index contributed by atoms with van der Waals surface area (Å²) in [6.07, 6.45) is -1.18. The number of carbonyl (C=O) groups excluding carboxylic acids is 2. The Balaban J connectivity index is 2.13. The number of ether oxygens (including phenoxy) is 2. The number of carbonyl (C=O) groups is 2. The largest absolute Gasteiger partial charge is 0.349 e. The van der Waals surface area contributed by atoms with Crippen molar-refractivity contribution in [2.75, 3.05) is 14.2 Å². The van der Waals surface area contributed by atoms with Gasteiger partial charge in [0.25, 0.3) is 0 Å². The van der Waals surface area contributed by atoms with Crippen molar-refractivity contribution in [3.8, 4) is 0 Å². The second kappa shape index (κ2) is 6.06. The third-order valence-corrected chi connectivity index (χ3v) is 3.88. The van der Waals surface area contributed by atoms with Gasteiger partial charge in [0.15, 0.2) is 11.6 Å². The van der Waals surface area contributed by atoms with Crippen LogP contribution in [0.15, 0.2) is 30.3 Å². The molecule has 5 heteroatoms. The van der Waals surface area contributed by atoms with Gasteiger partial charge in [0.2, 0.25) is 6.29 Å². The van der Waals surface area contributed by atoms with Gasteiger partial charge in [0, 0.05) is 18.9 Å². The Morgan fingerprint density at radius 2 is 1.89 bits per heavy atom. The van der Waals surface area contributed by atoms with Gasteiger partial charge in [-0.3, -0.25) is 9.59 Å². The summed E-state index contributed by atoms with van der Waals surface area (Å²) in [6, 6.07) is 9.54. The SMILES string of the molecule is COC(OC)C(=O)CC(=O)c1cc2ccccc2s1. The summed E-state index contributed by atoms with van der Waals surface area (Å²) >= 11 is 1.39. The zero-order chi connectivity index (χ0) is 13.8. The van der Waals surface area contributed by atoms with Crippen molar-refractivity contribution in [3.05, 3.63) is 35.2 Å². The molecule has 2 rings (SSSR count). The van der Waals surface area contributed by atoms with E-state index in [1.807, 2.05) is 30.3 Å². The van der Waals surface area contributed by atoms with Crippen LogP contribution in [0.1, 0.15) is 16.1 Å². The number of methoxy groups -OCH3 is 2. The van der Waals surface area contributed by atoms with Crippen LogP contribution in [0.4, 0.5) is 0 Å². The molecular formula is C14H14O4S. The first-order valence-corrected chi connectivity index (χ1v) is 6.57. The lowest BCUT2D eigenvalue weighted by atomic mass is 10.1. The molecule has 0 saturated carbocycles. The first-order chi connectivity index (χ1) is 9.15.